The van der Waals surface area contributed by atoms with E-state index in [2.05, 4.69) is 0 Å². The molecule has 1 aromatic rings. The Balaban J connectivity index is 2.60. The molecule has 0 spiro atoms. The van der Waals surface area contributed by atoms with Crippen LogP contribution in [0.5, 0.6) is 0 Å². The molecule has 0 bridgehead atoms. The summed E-state index contributed by atoms with van der Waals surface area (Å²) in [6, 6.07) is 2.17. The number of aliphatic hydroxyl groups is 1. The number of benzene rings is 1. The zero-order valence-electron chi connectivity index (χ0n) is 6.76. The van der Waals surface area contributed by atoms with E-state index in [1.807, 2.05) is 0 Å². The van der Waals surface area contributed by atoms with E-state index in [9.17, 15) is 13.9 Å². The third-order valence-corrected chi connectivity index (χ3v) is 3.15. The molecule has 1 aliphatic rings. The molecule has 0 aromatic heterocycles. The van der Waals surface area contributed by atoms with Gasteiger partial charge in [0, 0.05) is 22.6 Å². The molecule has 1 unspecified atom stereocenters. The zero-order chi connectivity index (χ0) is 9.42. The van der Waals surface area contributed by atoms with Gasteiger partial charge in [-0.25, -0.2) is 8.78 Å². The first-order valence-electron chi connectivity index (χ1n) is 3.92. The van der Waals surface area contributed by atoms with Crippen LogP contribution in [-0.2, 0) is 5.75 Å². The second-order valence-electron chi connectivity index (χ2n) is 2.95. The van der Waals surface area contributed by atoms with Crippen LogP contribution in [0.1, 0.15) is 17.2 Å². The van der Waals surface area contributed by atoms with Crippen LogP contribution >= 0.6 is 11.8 Å². The fourth-order valence-electron chi connectivity index (χ4n) is 1.47. The zero-order valence-corrected chi connectivity index (χ0v) is 7.57. The summed E-state index contributed by atoms with van der Waals surface area (Å²) in [7, 11) is 0. The van der Waals surface area contributed by atoms with Crippen molar-refractivity contribution in [3.8, 4) is 0 Å². The van der Waals surface area contributed by atoms with Gasteiger partial charge >= 0.3 is 0 Å². The molecular weight excluding hydrogens is 194 g/mol. The van der Waals surface area contributed by atoms with Crippen molar-refractivity contribution >= 4 is 11.8 Å². The van der Waals surface area contributed by atoms with Crippen molar-refractivity contribution < 1.29 is 13.9 Å². The minimum absolute atomic E-state index is 0.138. The van der Waals surface area contributed by atoms with E-state index >= 15 is 0 Å². The van der Waals surface area contributed by atoms with Crippen molar-refractivity contribution in [1.29, 1.82) is 0 Å². The van der Waals surface area contributed by atoms with Crippen LogP contribution in [0.25, 0.3) is 0 Å². The van der Waals surface area contributed by atoms with Crippen molar-refractivity contribution in [2.45, 2.75) is 11.9 Å². The van der Waals surface area contributed by atoms with E-state index in [1.165, 1.54) is 11.8 Å². The van der Waals surface area contributed by atoms with Gasteiger partial charge < -0.3 is 5.11 Å². The molecule has 0 saturated heterocycles. The Bertz CT molecular complexity index is 341. The molecule has 0 saturated carbocycles. The number of rotatable bonds is 0. The summed E-state index contributed by atoms with van der Waals surface area (Å²) in [5.41, 5.74) is 0.447. The van der Waals surface area contributed by atoms with Crippen LogP contribution in [0.3, 0.4) is 0 Å². The molecule has 1 heterocycles. The van der Waals surface area contributed by atoms with E-state index in [1.54, 1.807) is 0 Å². The lowest BCUT2D eigenvalue weighted by atomic mass is 10.0. The monoisotopic (exact) mass is 202 g/mol. The molecule has 0 amide bonds. The van der Waals surface area contributed by atoms with Gasteiger partial charge in [0.2, 0.25) is 0 Å². The summed E-state index contributed by atoms with van der Waals surface area (Å²) in [6.07, 6.45) is -0.871. The average Bonchev–Trinajstić information content (AvgIpc) is 2.12. The summed E-state index contributed by atoms with van der Waals surface area (Å²) in [6.45, 7) is 0. The van der Waals surface area contributed by atoms with Crippen molar-refractivity contribution in [2.24, 2.45) is 0 Å². The highest BCUT2D eigenvalue weighted by Crippen LogP contribution is 2.34. The van der Waals surface area contributed by atoms with Crippen LogP contribution in [0.4, 0.5) is 8.78 Å². The maximum absolute atomic E-state index is 13.2. The first-order chi connectivity index (χ1) is 6.20. The Morgan fingerprint density at radius 3 is 2.69 bits per heavy atom. The maximum Gasteiger partial charge on any atom is 0.129 e. The summed E-state index contributed by atoms with van der Waals surface area (Å²) in [5.74, 6) is -0.0598. The standard InChI is InChI=1S/C9H8F2OS/c10-6-1-2-7(11)9-5(6)3-13-4-8(9)12/h1-2,8,12H,3-4H2. The van der Waals surface area contributed by atoms with Gasteiger partial charge in [0.1, 0.15) is 11.6 Å². The van der Waals surface area contributed by atoms with E-state index in [0.717, 1.165) is 12.1 Å². The largest absolute Gasteiger partial charge is 0.387 e. The Morgan fingerprint density at radius 1 is 1.31 bits per heavy atom. The molecule has 0 radical (unpaired) electrons. The third-order valence-electron chi connectivity index (χ3n) is 2.10. The summed E-state index contributed by atoms with van der Waals surface area (Å²) in [4.78, 5) is 0. The Kier molecular flexibility index (Phi) is 2.26. The van der Waals surface area contributed by atoms with E-state index in [4.69, 9.17) is 0 Å². The fraction of sp³-hybridized carbons (Fsp3) is 0.333. The SMILES string of the molecule is OC1CSCc2c(F)ccc(F)c21. The van der Waals surface area contributed by atoms with Crippen LogP contribution in [-0.4, -0.2) is 10.9 Å². The molecule has 1 nitrogen and oxygen atoms in total. The van der Waals surface area contributed by atoms with Gasteiger partial charge in [-0.3, -0.25) is 0 Å². The minimum Gasteiger partial charge on any atom is -0.387 e. The summed E-state index contributed by atoms with van der Waals surface area (Å²) >= 11 is 1.41. The quantitative estimate of drug-likeness (QED) is 0.696. The second-order valence-corrected chi connectivity index (χ2v) is 3.98. The predicted octanol–water partition coefficient (Wildman–Crippen LogP) is 2.25. The molecular formula is C9H8F2OS. The number of halogens is 2. The van der Waals surface area contributed by atoms with Gasteiger partial charge in [-0.2, -0.15) is 11.8 Å². The highest BCUT2D eigenvalue weighted by atomic mass is 32.2. The van der Waals surface area contributed by atoms with Crippen molar-refractivity contribution in [1.82, 2.24) is 0 Å². The Hall–Kier alpha value is -0.610. The van der Waals surface area contributed by atoms with Crippen molar-refractivity contribution in [3.63, 3.8) is 0 Å². The molecule has 4 heteroatoms. The van der Waals surface area contributed by atoms with Crippen molar-refractivity contribution in [3.05, 3.63) is 34.9 Å². The molecule has 1 aromatic carbocycles. The molecule has 0 aliphatic carbocycles. The highest BCUT2D eigenvalue weighted by Gasteiger charge is 2.24. The van der Waals surface area contributed by atoms with Crippen LogP contribution in [0, 0.1) is 11.6 Å². The van der Waals surface area contributed by atoms with Gasteiger partial charge in [0.05, 0.1) is 6.10 Å². The normalized spacial score (nSPS) is 21.3. The maximum atomic E-state index is 13.2. The average molecular weight is 202 g/mol. The number of hydrogen-bond donors (Lipinski definition) is 1. The van der Waals surface area contributed by atoms with Gasteiger partial charge in [-0.1, -0.05) is 0 Å². The summed E-state index contributed by atoms with van der Waals surface area (Å²) < 4.78 is 26.3. The third kappa shape index (κ3) is 1.44. The van der Waals surface area contributed by atoms with Gasteiger partial charge in [-0.05, 0) is 12.1 Å². The number of hydrogen-bond acceptors (Lipinski definition) is 2. The predicted molar refractivity (Wildman–Crippen MR) is 47.5 cm³/mol. The Labute approximate surface area is 78.8 Å². The van der Waals surface area contributed by atoms with E-state index in [0.29, 0.717) is 17.1 Å². The molecule has 13 heavy (non-hydrogen) atoms. The first kappa shape index (κ1) is 8.97. The molecule has 1 atom stereocenters. The van der Waals surface area contributed by atoms with Crippen LogP contribution in [0.2, 0.25) is 0 Å². The van der Waals surface area contributed by atoms with E-state index in [-0.39, 0.29) is 5.56 Å². The lowest BCUT2D eigenvalue weighted by molar-refractivity contribution is 0.195. The topological polar surface area (TPSA) is 20.2 Å². The van der Waals surface area contributed by atoms with Gasteiger partial charge in [-0.15, -0.1) is 0 Å². The molecule has 1 aliphatic heterocycles. The number of fused-ring (bicyclic) bond motifs is 1. The molecule has 1 N–H and O–H groups in total. The van der Waals surface area contributed by atoms with E-state index < -0.39 is 17.7 Å². The smallest absolute Gasteiger partial charge is 0.129 e. The lowest BCUT2D eigenvalue weighted by Gasteiger charge is -2.21. The second kappa shape index (κ2) is 3.27. The minimum atomic E-state index is -0.871. The number of thioether (sulfide) groups is 1. The van der Waals surface area contributed by atoms with Crippen LogP contribution < -0.4 is 0 Å². The molecule has 2 rings (SSSR count). The fourth-order valence-corrected chi connectivity index (χ4v) is 2.48. The van der Waals surface area contributed by atoms with Crippen LogP contribution in [0.15, 0.2) is 12.1 Å². The van der Waals surface area contributed by atoms with Gasteiger partial charge in [0.15, 0.2) is 0 Å². The molecule has 0 fully saturated rings. The Morgan fingerprint density at radius 2 is 2.00 bits per heavy atom. The lowest BCUT2D eigenvalue weighted by Crippen LogP contribution is -2.13. The summed E-state index contributed by atoms with van der Waals surface area (Å²) in [5, 5.41) is 9.44. The van der Waals surface area contributed by atoms with Crippen molar-refractivity contribution in [2.75, 3.05) is 5.75 Å². The highest BCUT2D eigenvalue weighted by molar-refractivity contribution is 7.98. The molecule has 70 valence electrons. The first-order valence-corrected chi connectivity index (χ1v) is 5.08. The van der Waals surface area contributed by atoms with Gasteiger partial charge in [0.25, 0.3) is 0 Å². The number of aliphatic hydroxyl groups excluding tert-OH is 1.